The number of hydrogen-bond acceptors (Lipinski definition) is 6. The molecule has 11 nitrogen and oxygen atoms in total. The van der Waals surface area contributed by atoms with Crippen LogP contribution in [0.1, 0.15) is 68.7 Å². The zero-order chi connectivity index (χ0) is 30.9. The van der Waals surface area contributed by atoms with E-state index < -0.39 is 22.0 Å². The number of hydrogen-bond donors (Lipinski definition) is 6. The average Bonchev–Trinajstić information content (AvgIpc) is 2.95. The van der Waals surface area contributed by atoms with Crippen LogP contribution in [0.2, 0.25) is 0 Å². The van der Waals surface area contributed by atoms with Crippen LogP contribution in [-0.4, -0.2) is 54.5 Å². The Balaban J connectivity index is 0.000000892. The van der Waals surface area contributed by atoms with Gasteiger partial charge in [-0.05, 0) is 72.4 Å². The molecule has 0 saturated heterocycles. The summed E-state index contributed by atoms with van der Waals surface area (Å²) in [5.41, 5.74) is 7.80. The number of nitrogens with one attached hydrogen (secondary N) is 3. The molecule has 0 aromatic heterocycles. The first-order valence-corrected chi connectivity index (χ1v) is 15.1. The van der Waals surface area contributed by atoms with Crippen LogP contribution in [0.15, 0.2) is 66.7 Å². The van der Waals surface area contributed by atoms with Gasteiger partial charge in [0.1, 0.15) is 5.84 Å². The number of benzene rings is 3. The number of carbonyl (C=O) groups is 3. The van der Waals surface area contributed by atoms with E-state index in [9.17, 15) is 27.9 Å². The third-order valence-electron chi connectivity index (χ3n) is 6.70. The second kappa shape index (κ2) is 14.4. The van der Waals surface area contributed by atoms with Gasteiger partial charge < -0.3 is 21.5 Å². The number of rotatable bonds is 8. The van der Waals surface area contributed by atoms with Gasteiger partial charge in [-0.1, -0.05) is 43.5 Å². The highest BCUT2D eigenvalue weighted by Crippen LogP contribution is 2.29. The van der Waals surface area contributed by atoms with Gasteiger partial charge >= 0.3 is 5.97 Å². The van der Waals surface area contributed by atoms with Crippen LogP contribution in [0, 0.1) is 11.3 Å². The third kappa shape index (κ3) is 9.53. The molecular weight excluding hydrogens is 560 g/mol. The lowest BCUT2D eigenvalue weighted by Gasteiger charge is -2.21. The molecule has 0 bridgehead atoms. The molecule has 3 aromatic rings. The number of aromatic carboxylic acids is 1. The van der Waals surface area contributed by atoms with Crippen molar-refractivity contribution in [3.05, 3.63) is 89.0 Å². The van der Waals surface area contributed by atoms with Crippen LogP contribution >= 0.6 is 0 Å². The number of nitrogens with two attached hydrogens (primary N) is 1. The summed E-state index contributed by atoms with van der Waals surface area (Å²) in [6.45, 7) is 0.583. The van der Waals surface area contributed by atoms with Gasteiger partial charge in [0.15, 0.2) is 0 Å². The van der Waals surface area contributed by atoms with Crippen molar-refractivity contribution in [2.24, 2.45) is 11.7 Å². The minimum Gasteiger partial charge on any atom is -0.478 e. The van der Waals surface area contributed by atoms with Crippen molar-refractivity contribution >= 4 is 39.4 Å². The Morgan fingerprint density at radius 1 is 0.881 bits per heavy atom. The summed E-state index contributed by atoms with van der Waals surface area (Å²) in [5.74, 6) is -1.53. The molecule has 1 aliphatic rings. The van der Waals surface area contributed by atoms with Crippen molar-refractivity contribution in [1.82, 2.24) is 5.32 Å². The molecule has 0 unspecified atom stereocenters. The maximum absolute atomic E-state index is 13.1. The predicted molar refractivity (Wildman–Crippen MR) is 161 cm³/mol. The van der Waals surface area contributed by atoms with E-state index in [0.29, 0.717) is 41.1 Å². The first-order valence-electron chi connectivity index (χ1n) is 13.3. The van der Waals surface area contributed by atoms with Gasteiger partial charge in [-0.3, -0.25) is 19.6 Å². The van der Waals surface area contributed by atoms with Gasteiger partial charge in [-0.2, -0.15) is 8.42 Å². The zero-order valence-corrected chi connectivity index (χ0v) is 23.9. The van der Waals surface area contributed by atoms with E-state index in [2.05, 4.69) is 10.6 Å². The number of carboxylic acids is 1. The van der Waals surface area contributed by atoms with Crippen LogP contribution in [0.5, 0.6) is 0 Å². The fourth-order valence-corrected chi connectivity index (χ4v) is 4.68. The molecule has 1 fully saturated rings. The lowest BCUT2D eigenvalue weighted by atomic mass is 9.89. The number of amidine groups is 1. The maximum Gasteiger partial charge on any atom is 0.336 e. The maximum atomic E-state index is 13.1. The van der Waals surface area contributed by atoms with Crippen LogP contribution in [0.3, 0.4) is 0 Å². The summed E-state index contributed by atoms with van der Waals surface area (Å²) in [6, 6.07) is 17.8. The highest BCUT2D eigenvalue weighted by atomic mass is 32.2. The second-order valence-electron chi connectivity index (χ2n) is 10.0. The molecule has 222 valence electrons. The highest BCUT2D eigenvalue weighted by Gasteiger charge is 2.21. The minimum atomic E-state index is -3.67. The Bertz CT molecular complexity index is 1560. The summed E-state index contributed by atoms with van der Waals surface area (Å²) >= 11 is 0. The van der Waals surface area contributed by atoms with Crippen LogP contribution < -0.4 is 16.4 Å². The zero-order valence-electron chi connectivity index (χ0n) is 23.1. The molecule has 0 aliphatic heterocycles. The first kappa shape index (κ1) is 32.0. The van der Waals surface area contributed by atoms with Crippen LogP contribution in [0.25, 0.3) is 11.1 Å². The summed E-state index contributed by atoms with van der Waals surface area (Å²) < 4.78 is 25.9. The molecule has 42 heavy (non-hydrogen) atoms. The van der Waals surface area contributed by atoms with E-state index >= 15 is 0 Å². The topological polar surface area (TPSA) is 200 Å². The minimum absolute atomic E-state index is 0.0589. The number of anilines is 1. The molecule has 2 amide bonds. The Morgan fingerprint density at radius 3 is 2.05 bits per heavy atom. The van der Waals surface area contributed by atoms with Crippen molar-refractivity contribution in [3.8, 4) is 11.1 Å². The average molecular weight is 595 g/mol. The summed E-state index contributed by atoms with van der Waals surface area (Å²) in [6.07, 6.45) is 6.50. The molecule has 12 heteroatoms. The molecule has 0 heterocycles. The van der Waals surface area contributed by atoms with E-state index in [1.807, 2.05) is 0 Å². The lowest BCUT2D eigenvalue weighted by molar-refractivity contribution is 0.0697. The molecule has 1 aliphatic carbocycles. The summed E-state index contributed by atoms with van der Waals surface area (Å²) in [5, 5.41) is 23.2. The van der Waals surface area contributed by atoms with Gasteiger partial charge in [-0.25, -0.2) is 4.79 Å². The fraction of sp³-hybridized carbons (Fsp3) is 0.267. The SMILES string of the molecule is CS(=O)(=O)O.N=C(N)c1ccc(NC(=O)c2ccccc2-c2ccc(C(=O)NCC3CCCCC3)cc2C(=O)O)cc1. The predicted octanol–water partition coefficient (Wildman–Crippen LogP) is 4.40. The Hall–Kier alpha value is -4.55. The Kier molecular flexibility index (Phi) is 10.9. The van der Waals surface area contributed by atoms with Gasteiger partial charge in [0.2, 0.25) is 0 Å². The van der Waals surface area contributed by atoms with Gasteiger partial charge in [-0.15, -0.1) is 0 Å². The van der Waals surface area contributed by atoms with Gasteiger partial charge in [0, 0.05) is 28.9 Å². The smallest absolute Gasteiger partial charge is 0.336 e. The molecule has 7 N–H and O–H groups in total. The number of nitrogen functional groups attached to an aromatic ring is 1. The van der Waals surface area contributed by atoms with Crippen LogP contribution in [0.4, 0.5) is 5.69 Å². The van der Waals surface area contributed by atoms with E-state index in [1.54, 1.807) is 60.7 Å². The summed E-state index contributed by atoms with van der Waals surface area (Å²) in [4.78, 5) is 38.1. The first-order chi connectivity index (χ1) is 19.8. The Morgan fingerprint density at radius 2 is 1.45 bits per heavy atom. The van der Waals surface area contributed by atoms with Gasteiger partial charge in [0.05, 0.1) is 11.8 Å². The molecule has 0 spiro atoms. The van der Waals surface area contributed by atoms with Crippen molar-refractivity contribution in [3.63, 3.8) is 0 Å². The normalized spacial score (nSPS) is 13.3. The molecule has 3 aromatic carbocycles. The fourth-order valence-electron chi connectivity index (χ4n) is 4.68. The molecule has 0 radical (unpaired) electrons. The highest BCUT2D eigenvalue weighted by molar-refractivity contribution is 7.85. The molecular formula is C30H34N4O7S. The van der Waals surface area contributed by atoms with Crippen molar-refractivity contribution in [2.45, 2.75) is 32.1 Å². The standard InChI is InChI=1S/C29H30N4O4.CH4O3S/c30-26(31)19-10-13-21(14-11-19)33-28(35)24-9-5-4-8-22(24)23-15-12-20(16-25(23)29(36)37)27(34)32-17-18-6-2-1-3-7-18;1-5(2,3)4/h4-5,8-16,18H,1-3,6-7,17H2,(H3,30,31)(H,32,34)(H,33,35)(H,36,37);1H3,(H,2,3,4). The Labute approximate surface area is 244 Å². The number of carbonyl (C=O) groups excluding carboxylic acids is 2. The van der Waals surface area contributed by atoms with E-state index in [-0.39, 0.29) is 28.4 Å². The molecule has 4 rings (SSSR count). The quantitative estimate of drug-likeness (QED) is 0.125. The van der Waals surface area contributed by atoms with Crippen LogP contribution in [-0.2, 0) is 10.1 Å². The van der Waals surface area contributed by atoms with E-state index in [4.69, 9.17) is 15.7 Å². The second-order valence-corrected chi connectivity index (χ2v) is 11.5. The number of amides is 2. The molecule has 1 saturated carbocycles. The monoisotopic (exact) mass is 594 g/mol. The van der Waals surface area contributed by atoms with Crippen molar-refractivity contribution < 1.29 is 32.5 Å². The van der Waals surface area contributed by atoms with E-state index in [1.165, 1.54) is 25.3 Å². The van der Waals surface area contributed by atoms with Gasteiger partial charge in [0.25, 0.3) is 21.9 Å². The number of carboxylic acid groups (broad SMARTS) is 1. The third-order valence-corrected chi connectivity index (χ3v) is 6.70. The largest absolute Gasteiger partial charge is 0.478 e. The molecule has 0 atom stereocenters. The van der Waals surface area contributed by atoms with E-state index in [0.717, 1.165) is 12.8 Å². The summed E-state index contributed by atoms with van der Waals surface area (Å²) in [7, 11) is -3.67. The van der Waals surface area contributed by atoms with Crippen molar-refractivity contribution in [1.29, 1.82) is 5.41 Å². The lowest BCUT2D eigenvalue weighted by Crippen LogP contribution is -2.30. The van der Waals surface area contributed by atoms with Crippen molar-refractivity contribution in [2.75, 3.05) is 18.1 Å².